The molecule has 0 amide bonds. The van der Waals surface area contributed by atoms with Gasteiger partial charge >= 0.3 is 5.97 Å². The summed E-state index contributed by atoms with van der Waals surface area (Å²) in [5.74, 6) is -1.42. The van der Waals surface area contributed by atoms with Crippen molar-refractivity contribution in [3.8, 4) is 6.07 Å². The first kappa shape index (κ1) is 26.1. The van der Waals surface area contributed by atoms with Crippen molar-refractivity contribution in [2.45, 2.75) is 86.7 Å². The number of esters is 1. The normalized spacial score (nSPS) is 20.0. The van der Waals surface area contributed by atoms with E-state index in [0.717, 1.165) is 17.0 Å². The Morgan fingerprint density at radius 2 is 1.53 bits per heavy atom. The summed E-state index contributed by atoms with van der Waals surface area (Å²) in [7, 11) is 0. The minimum absolute atomic E-state index is 0.0469. The molecule has 1 aliphatic heterocycles. The maximum atomic E-state index is 13.5. The number of hydrogen-bond donors (Lipinski definition) is 0. The number of allylic oxidation sites excluding steroid dienone is 1. The fourth-order valence-corrected chi connectivity index (χ4v) is 4.05. The summed E-state index contributed by atoms with van der Waals surface area (Å²) in [6.07, 6.45) is 1.28. The molecule has 0 bridgehead atoms. The summed E-state index contributed by atoms with van der Waals surface area (Å²) < 4.78 is 5.82. The monoisotopic (exact) mass is 456 g/mol. The fraction of sp³-hybridized carbons (Fsp3) is 0.593. The quantitative estimate of drug-likeness (QED) is 0.441. The molecule has 0 spiro atoms. The van der Waals surface area contributed by atoms with Crippen LogP contribution in [-0.4, -0.2) is 17.3 Å². The van der Waals surface area contributed by atoms with Gasteiger partial charge in [-0.05, 0) is 62.1 Å². The van der Waals surface area contributed by atoms with E-state index >= 15 is 0 Å². The van der Waals surface area contributed by atoms with Crippen LogP contribution in [0.2, 0.25) is 5.02 Å². The van der Waals surface area contributed by atoms with Gasteiger partial charge in [0.1, 0.15) is 5.60 Å². The van der Waals surface area contributed by atoms with Crippen molar-refractivity contribution in [3.63, 3.8) is 0 Å². The van der Waals surface area contributed by atoms with E-state index in [2.05, 4.69) is 47.6 Å². The van der Waals surface area contributed by atoms with E-state index in [9.17, 15) is 10.1 Å². The number of benzene rings is 1. The molecule has 1 aliphatic rings. The number of carbonyl (C=O) groups is 1. The van der Waals surface area contributed by atoms with Gasteiger partial charge in [-0.15, -0.1) is 0 Å². The first-order valence-corrected chi connectivity index (χ1v) is 11.6. The Balaban J connectivity index is 2.81. The zero-order valence-electron chi connectivity index (χ0n) is 21.0. The van der Waals surface area contributed by atoms with Crippen LogP contribution in [0.25, 0.3) is 0 Å². The van der Waals surface area contributed by atoms with Crippen molar-refractivity contribution in [1.29, 1.82) is 5.26 Å². The topological polar surface area (TPSA) is 62.4 Å². The van der Waals surface area contributed by atoms with Crippen LogP contribution in [0.15, 0.2) is 40.5 Å². The molecule has 2 unspecified atom stereocenters. The second-order valence-electron chi connectivity index (χ2n) is 12.1. The molecule has 0 aliphatic carbocycles. The van der Waals surface area contributed by atoms with E-state index < -0.39 is 23.4 Å². The van der Waals surface area contributed by atoms with Crippen molar-refractivity contribution >= 4 is 23.3 Å². The first-order chi connectivity index (χ1) is 14.5. The van der Waals surface area contributed by atoms with Gasteiger partial charge in [0, 0.05) is 16.7 Å². The minimum atomic E-state index is -0.654. The SMILES string of the molecule is CC(C)(C)CC1=NC(CC(C)(C)C)=C(C(=O)OC(C)(C)C)C(c2ccc(Cl)cc2)C1C#N. The molecule has 2 atom stereocenters. The van der Waals surface area contributed by atoms with Gasteiger partial charge in [-0.2, -0.15) is 5.26 Å². The second-order valence-corrected chi connectivity index (χ2v) is 12.5. The number of nitriles is 1. The lowest BCUT2D eigenvalue weighted by Crippen LogP contribution is -2.35. The van der Waals surface area contributed by atoms with E-state index in [-0.39, 0.29) is 10.8 Å². The number of hydrogen-bond acceptors (Lipinski definition) is 4. The first-order valence-electron chi connectivity index (χ1n) is 11.2. The third kappa shape index (κ3) is 7.20. The second kappa shape index (κ2) is 9.40. The summed E-state index contributed by atoms with van der Waals surface area (Å²) in [4.78, 5) is 18.5. The molecule has 0 saturated carbocycles. The molecule has 0 aromatic heterocycles. The summed E-state index contributed by atoms with van der Waals surface area (Å²) in [5, 5.41) is 10.9. The number of nitrogens with zero attached hydrogens (tertiary/aromatic N) is 2. The maximum Gasteiger partial charge on any atom is 0.337 e. The Labute approximate surface area is 198 Å². The van der Waals surface area contributed by atoms with E-state index in [4.69, 9.17) is 21.3 Å². The molecule has 1 aromatic rings. The Morgan fingerprint density at radius 1 is 1.00 bits per heavy atom. The fourth-order valence-electron chi connectivity index (χ4n) is 3.93. The lowest BCUT2D eigenvalue weighted by Gasteiger charge is -2.35. The number of aliphatic imine (C=N–C) groups is 1. The number of halogens is 1. The third-order valence-corrected chi connectivity index (χ3v) is 5.24. The van der Waals surface area contributed by atoms with Gasteiger partial charge < -0.3 is 4.74 Å². The Bertz CT molecular complexity index is 946. The maximum absolute atomic E-state index is 13.5. The van der Waals surface area contributed by atoms with Gasteiger partial charge in [0.25, 0.3) is 0 Å². The predicted molar refractivity (Wildman–Crippen MR) is 132 cm³/mol. The van der Waals surface area contributed by atoms with Crippen molar-refractivity contribution in [3.05, 3.63) is 46.1 Å². The van der Waals surface area contributed by atoms with Crippen LogP contribution < -0.4 is 0 Å². The molecule has 0 radical (unpaired) electrons. The van der Waals surface area contributed by atoms with Crippen LogP contribution in [0.1, 0.15) is 86.6 Å². The van der Waals surface area contributed by atoms with Crippen molar-refractivity contribution < 1.29 is 9.53 Å². The number of ether oxygens (including phenoxy) is 1. The molecular formula is C27H37ClN2O2. The van der Waals surface area contributed by atoms with Gasteiger partial charge in [0.15, 0.2) is 0 Å². The predicted octanol–water partition coefficient (Wildman–Crippen LogP) is 7.49. The van der Waals surface area contributed by atoms with Gasteiger partial charge in [0.05, 0.1) is 23.3 Å². The molecule has 174 valence electrons. The number of rotatable bonds is 4. The highest BCUT2D eigenvalue weighted by molar-refractivity contribution is 6.30. The van der Waals surface area contributed by atoms with Crippen molar-refractivity contribution in [2.24, 2.45) is 21.7 Å². The molecule has 5 heteroatoms. The van der Waals surface area contributed by atoms with Crippen molar-refractivity contribution in [1.82, 2.24) is 0 Å². The van der Waals surface area contributed by atoms with Gasteiger partial charge in [-0.1, -0.05) is 65.3 Å². The van der Waals surface area contributed by atoms with Crippen LogP contribution in [-0.2, 0) is 9.53 Å². The zero-order chi connectivity index (χ0) is 24.5. The highest BCUT2D eigenvalue weighted by Crippen LogP contribution is 2.44. The van der Waals surface area contributed by atoms with Gasteiger partial charge in [0.2, 0.25) is 0 Å². The molecular weight excluding hydrogens is 420 g/mol. The highest BCUT2D eigenvalue weighted by Gasteiger charge is 2.42. The third-order valence-electron chi connectivity index (χ3n) is 4.99. The van der Waals surface area contributed by atoms with E-state index in [1.807, 2.05) is 32.9 Å². The minimum Gasteiger partial charge on any atom is -0.457 e. The molecule has 4 nitrogen and oxygen atoms in total. The Hall–Kier alpha value is -2.12. The standard InChI is InChI=1S/C27H37ClN2O2/c1-25(2,3)14-20-19(16-29)22(17-10-12-18(28)13-11-17)23(24(31)32-27(7,8)9)21(30-20)15-26(4,5)6/h10-13,19,22H,14-15H2,1-9H3. The molecule has 0 saturated heterocycles. The van der Waals surface area contributed by atoms with Gasteiger partial charge in [-0.3, -0.25) is 4.99 Å². The average molecular weight is 457 g/mol. The largest absolute Gasteiger partial charge is 0.457 e. The van der Waals surface area contributed by atoms with E-state index in [1.165, 1.54) is 0 Å². The molecule has 2 rings (SSSR count). The summed E-state index contributed by atoms with van der Waals surface area (Å²) in [6.45, 7) is 18.3. The Kier molecular flexibility index (Phi) is 7.67. The zero-order valence-corrected chi connectivity index (χ0v) is 21.7. The van der Waals surface area contributed by atoms with E-state index in [1.54, 1.807) is 12.1 Å². The summed E-state index contributed by atoms with van der Waals surface area (Å²) >= 11 is 6.15. The Morgan fingerprint density at radius 3 is 1.97 bits per heavy atom. The molecule has 0 fully saturated rings. The number of carbonyl (C=O) groups excluding carboxylic acids is 1. The lowest BCUT2D eigenvalue weighted by atomic mass is 9.71. The van der Waals surface area contributed by atoms with Crippen LogP contribution >= 0.6 is 11.6 Å². The van der Waals surface area contributed by atoms with Crippen molar-refractivity contribution in [2.75, 3.05) is 0 Å². The van der Waals surface area contributed by atoms with Crippen LogP contribution in [0, 0.1) is 28.1 Å². The average Bonchev–Trinajstić information content (AvgIpc) is 2.57. The van der Waals surface area contributed by atoms with E-state index in [0.29, 0.717) is 23.4 Å². The van der Waals surface area contributed by atoms with Crippen LogP contribution in [0.3, 0.4) is 0 Å². The van der Waals surface area contributed by atoms with Gasteiger partial charge in [-0.25, -0.2) is 4.79 Å². The lowest BCUT2D eigenvalue weighted by molar-refractivity contribution is -0.150. The van der Waals surface area contributed by atoms with Crippen LogP contribution in [0.5, 0.6) is 0 Å². The van der Waals surface area contributed by atoms with Crippen LogP contribution in [0.4, 0.5) is 0 Å². The highest BCUT2D eigenvalue weighted by atomic mass is 35.5. The molecule has 1 heterocycles. The summed E-state index contributed by atoms with van der Waals surface area (Å²) in [6, 6.07) is 9.87. The smallest absolute Gasteiger partial charge is 0.337 e. The molecule has 0 N–H and O–H groups in total. The summed E-state index contributed by atoms with van der Waals surface area (Å²) in [5.41, 5.74) is 2.11. The molecule has 32 heavy (non-hydrogen) atoms. The molecule has 1 aromatic carbocycles.